The Morgan fingerprint density at radius 2 is 1.96 bits per heavy atom. The van der Waals surface area contributed by atoms with Crippen LogP contribution in [0.5, 0.6) is 5.75 Å². The van der Waals surface area contributed by atoms with Crippen LogP contribution in [0.25, 0.3) is 22.1 Å². The van der Waals surface area contributed by atoms with Crippen molar-refractivity contribution in [3.8, 4) is 16.9 Å². The van der Waals surface area contributed by atoms with Crippen LogP contribution in [0.1, 0.15) is 0 Å². The standard InChI is InChI=1S/C18H13FO4/c19-12-3-1-11(2-4-12)16-10-23-17-7-13(21-8-14-9-22-14)5-6-15(17)18(16)20/h1-7,10,14H,8-9H2. The van der Waals surface area contributed by atoms with E-state index in [0.717, 1.165) is 6.61 Å². The molecule has 1 unspecified atom stereocenters. The van der Waals surface area contributed by atoms with Gasteiger partial charge in [0.15, 0.2) is 5.43 Å². The summed E-state index contributed by atoms with van der Waals surface area (Å²) in [5.74, 6) is 0.283. The van der Waals surface area contributed by atoms with Gasteiger partial charge in [-0.15, -0.1) is 0 Å². The number of rotatable bonds is 4. The molecule has 5 heteroatoms. The van der Waals surface area contributed by atoms with E-state index >= 15 is 0 Å². The monoisotopic (exact) mass is 312 g/mol. The fraction of sp³-hybridized carbons (Fsp3) is 0.167. The van der Waals surface area contributed by atoms with Crippen LogP contribution in [0.15, 0.2) is 57.9 Å². The largest absolute Gasteiger partial charge is 0.491 e. The zero-order valence-electron chi connectivity index (χ0n) is 12.1. The minimum absolute atomic E-state index is 0.157. The second kappa shape index (κ2) is 5.52. The van der Waals surface area contributed by atoms with Crippen molar-refractivity contribution in [2.24, 2.45) is 0 Å². The first kappa shape index (κ1) is 14.0. The average molecular weight is 312 g/mol. The van der Waals surface area contributed by atoms with Gasteiger partial charge in [-0.1, -0.05) is 12.1 Å². The van der Waals surface area contributed by atoms with E-state index < -0.39 is 0 Å². The van der Waals surface area contributed by atoms with Gasteiger partial charge in [0.1, 0.15) is 36.1 Å². The van der Waals surface area contributed by atoms with Gasteiger partial charge >= 0.3 is 0 Å². The number of fused-ring (bicyclic) bond motifs is 1. The molecule has 0 bridgehead atoms. The van der Waals surface area contributed by atoms with Crippen molar-refractivity contribution in [3.05, 3.63) is 64.8 Å². The van der Waals surface area contributed by atoms with Gasteiger partial charge < -0.3 is 13.9 Å². The molecule has 23 heavy (non-hydrogen) atoms. The van der Waals surface area contributed by atoms with Crippen LogP contribution >= 0.6 is 0 Å². The van der Waals surface area contributed by atoms with Crippen molar-refractivity contribution in [2.45, 2.75) is 6.10 Å². The highest BCUT2D eigenvalue weighted by molar-refractivity contribution is 5.82. The fourth-order valence-corrected chi connectivity index (χ4v) is 2.38. The van der Waals surface area contributed by atoms with Gasteiger partial charge in [0.25, 0.3) is 0 Å². The fourth-order valence-electron chi connectivity index (χ4n) is 2.38. The lowest BCUT2D eigenvalue weighted by molar-refractivity contribution is 0.263. The van der Waals surface area contributed by atoms with Gasteiger partial charge in [-0.2, -0.15) is 0 Å². The molecule has 1 saturated heterocycles. The molecule has 0 amide bonds. The third kappa shape index (κ3) is 2.83. The highest BCUT2D eigenvalue weighted by Gasteiger charge is 2.23. The maximum atomic E-state index is 13.0. The number of hydrogen-bond donors (Lipinski definition) is 0. The zero-order valence-corrected chi connectivity index (χ0v) is 12.1. The lowest BCUT2D eigenvalue weighted by atomic mass is 10.1. The molecule has 0 aliphatic carbocycles. The van der Waals surface area contributed by atoms with Gasteiger partial charge in [0, 0.05) is 6.07 Å². The molecule has 1 fully saturated rings. The molecule has 116 valence electrons. The minimum Gasteiger partial charge on any atom is -0.491 e. The summed E-state index contributed by atoms with van der Waals surface area (Å²) in [7, 11) is 0. The van der Waals surface area contributed by atoms with Gasteiger partial charge in [-0.25, -0.2) is 4.39 Å². The van der Waals surface area contributed by atoms with Crippen molar-refractivity contribution >= 4 is 11.0 Å². The lowest BCUT2D eigenvalue weighted by Crippen LogP contribution is -2.06. The van der Waals surface area contributed by atoms with Gasteiger partial charge in [-0.3, -0.25) is 4.79 Å². The Bertz CT molecular complexity index is 910. The van der Waals surface area contributed by atoms with E-state index in [1.807, 2.05) is 0 Å². The lowest BCUT2D eigenvalue weighted by Gasteiger charge is -2.06. The van der Waals surface area contributed by atoms with Gasteiger partial charge in [0.05, 0.1) is 17.6 Å². The van der Waals surface area contributed by atoms with Gasteiger partial charge in [0.2, 0.25) is 0 Å². The molecule has 3 aromatic rings. The summed E-state index contributed by atoms with van der Waals surface area (Å²) in [6.45, 7) is 1.22. The SMILES string of the molecule is O=c1c(-c2ccc(F)cc2)coc2cc(OCC3CO3)ccc12. The number of halogens is 1. The summed E-state index contributed by atoms with van der Waals surface area (Å²) in [5, 5.41) is 0.460. The zero-order chi connectivity index (χ0) is 15.8. The summed E-state index contributed by atoms with van der Waals surface area (Å²) in [6.07, 6.45) is 1.56. The average Bonchev–Trinajstić information content (AvgIpc) is 3.39. The maximum Gasteiger partial charge on any atom is 0.200 e. The molecule has 0 saturated carbocycles. The van der Waals surface area contributed by atoms with E-state index in [9.17, 15) is 9.18 Å². The van der Waals surface area contributed by atoms with E-state index in [2.05, 4.69) is 0 Å². The molecule has 0 radical (unpaired) electrons. The molecular weight excluding hydrogens is 299 g/mol. The Kier molecular flexibility index (Phi) is 3.35. The quantitative estimate of drug-likeness (QED) is 0.693. The molecule has 2 heterocycles. The molecule has 1 atom stereocenters. The number of ether oxygens (including phenoxy) is 2. The smallest absolute Gasteiger partial charge is 0.200 e. The van der Waals surface area contributed by atoms with Crippen molar-refractivity contribution in [2.75, 3.05) is 13.2 Å². The Hall–Kier alpha value is -2.66. The Labute approximate surface area is 131 Å². The van der Waals surface area contributed by atoms with Crippen LogP contribution < -0.4 is 10.2 Å². The predicted molar refractivity (Wildman–Crippen MR) is 83.1 cm³/mol. The summed E-state index contributed by atoms with van der Waals surface area (Å²) in [5.41, 5.74) is 1.32. The molecule has 0 N–H and O–H groups in total. The normalized spacial score (nSPS) is 16.5. The Morgan fingerprint density at radius 1 is 1.17 bits per heavy atom. The van der Waals surface area contributed by atoms with E-state index in [4.69, 9.17) is 13.9 Å². The van der Waals surface area contributed by atoms with Crippen LogP contribution in [-0.2, 0) is 4.74 Å². The van der Waals surface area contributed by atoms with E-state index in [1.54, 1.807) is 30.3 Å². The summed E-state index contributed by atoms with van der Waals surface area (Å²) in [6, 6.07) is 10.8. The topological polar surface area (TPSA) is 52.0 Å². The summed E-state index contributed by atoms with van der Waals surface area (Å²) >= 11 is 0. The first-order valence-corrected chi connectivity index (χ1v) is 7.26. The molecule has 4 rings (SSSR count). The molecule has 0 spiro atoms. The van der Waals surface area contributed by atoms with Crippen molar-refractivity contribution < 1.29 is 18.3 Å². The van der Waals surface area contributed by atoms with Crippen LogP contribution in [0.3, 0.4) is 0 Å². The van der Waals surface area contributed by atoms with Crippen molar-refractivity contribution in [3.63, 3.8) is 0 Å². The second-order valence-electron chi connectivity index (χ2n) is 5.41. The van der Waals surface area contributed by atoms with Crippen LogP contribution in [0.2, 0.25) is 0 Å². The number of benzene rings is 2. The van der Waals surface area contributed by atoms with Crippen LogP contribution in [0.4, 0.5) is 4.39 Å². The van der Waals surface area contributed by atoms with E-state index in [-0.39, 0.29) is 17.3 Å². The first-order valence-electron chi connectivity index (χ1n) is 7.26. The van der Waals surface area contributed by atoms with Crippen molar-refractivity contribution in [1.29, 1.82) is 0 Å². The van der Waals surface area contributed by atoms with E-state index in [1.165, 1.54) is 18.4 Å². The van der Waals surface area contributed by atoms with Gasteiger partial charge in [-0.05, 0) is 29.8 Å². The number of epoxide rings is 1. The molecule has 1 aromatic heterocycles. The predicted octanol–water partition coefficient (Wildman–Crippen LogP) is 3.38. The Balaban J connectivity index is 1.71. The number of hydrogen-bond acceptors (Lipinski definition) is 4. The molecule has 1 aliphatic rings. The molecule has 2 aromatic carbocycles. The first-order chi connectivity index (χ1) is 11.2. The van der Waals surface area contributed by atoms with E-state index in [0.29, 0.717) is 34.5 Å². The minimum atomic E-state index is -0.347. The third-order valence-electron chi connectivity index (χ3n) is 3.74. The highest BCUT2D eigenvalue weighted by Crippen LogP contribution is 2.24. The third-order valence-corrected chi connectivity index (χ3v) is 3.74. The maximum absolute atomic E-state index is 13.0. The molecule has 1 aliphatic heterocycles. The highest BCUT2D eigenvalue weighted by atomic mass is 19.1. The summed E-state index contributed by atoms with van der Waals surface area (Å²) < 4.78 is 29.2. The van der Waals surface area contributed by atoms with Crippen LogP contribution in [0, 0.1) is 5.82 Å². The molecule has 4 nitrogen and oxygen atoms in total. The van der Waals surface area contributed by atoms with Crippen LogP contribution in [-0.4, -0.2) is 19.3 Å². The Morgan fingerprint density at radius 3 is 2.70 bits per heavy atom. The van der Waals surface area contributed by atoms with Crippen molar-refractivity contribution in [1.82, 2.24) is 0 Å². The summed E-state index contributed by atoms with van der Waals surface area (Å²) in [4.78, 5) is 12.6. The second-order valence-corrected chi connectivity index (χ2v) is 5.41. The molecular formula is C18H13FO4.